The summed E-state index contributed by atoms with van der Waals surface area (Å²) in [5, 5.41) is 33.1. The zero-order valence-electron chi connectivity index (χ0n) is 32.3. The van der Waals surface area contributed by atoms with Crippen molar-refractivity contribution in [3.63, 3.8) is 0 Å². The summed E-state index contributed by atoms with van der Waals surface area (Å²) in [5.74, 6) is -0.336. The van der Waals surface area contributed by atoms with E-state index in [1.807, 2.05) is 6.08 Å². The van der Waals surface area contributed by atoms with E-state index in [2.05, 4.69) is 55.6 Å². The van der Waals surface area contributed by atoms with Gasteiger partial charge in [-0.05, 0) is 70.6 Å². The van der Waals surface area contributed by atoms with Crippen LogP contribution in [0.2, 0.25) is 0 Å². The van der Waals surface area contributed by atoms with E-state index < -0.39 is 18.2 Å². The molecule has 3 atom stereocenters. The Morgan fingerprint density at radius 1 is 0.510 bits per heavy atom. The molecule has 0 saturated carbocycles. The molecule has 0 aliphatic rings. The lowest BCUT2D eigenvalue weighted by atomic mass is 10.0. The van der Waals surface area contributed by atoms with Gasteiger partial charge in [0, 0.05) is 0 Å². The van der Waals surface area contributed by atoms with Gasteiger partial charge in [0.15, 0.2) is 0 Å². The van der Waals surface area contributed by atoms with Crippen molar-refractivity contribution in [3.8, 4) is 0 Å². The molecule has 0 bridgehead atoms. The van der Waals surface area contributed by atoms with Gasteiger partial charge in [0.25, 0.3) is 0 Å². The second kappa shape index (κ2) is 39.1. The average molecular weight is 688 g/mol. The number of nitrogens with one attached hydrogen (secondary N) is 1. The first-order chi connectivity index (χ1) is 24.0. The van der Waals surface area contributed by atoms with Crippen molar-refractivity contribution in [1.82, 2.24) is 5.32 Å². The molecule has 1 amide bonds. The summed E-state index contributed by atoms with van der Waals surface area (Å²) < 4.78 is 0. The first kappa shape index (κ1) is 47.3. The van der Waals surface area contributed by atoms with Crippen LogP contribution >= 0.6 is 0 Å². The molecule has 0 aromatic heterocycles. The molecule has 0 aliphatic heterocycles. The maximum Gasteiger partial charge on any atom is 0.222 e. The van der Waals surface area contributed by atoms with Crippen LogP contribution in [0.15, 0.2) is 48.6 Å². The third-order valence-corrected chi connectivity index (χ3v) is 9.32. The van der Waals surface area contributed by atoms with Crippen LogP contribution in [0, 0.1) is 0 Å². The van der Waals surface area contributed by atoms with Crippen molar-refractivity contribution in [2.75, 3.05) is 6.61 Å². The fourth-order valence-corrected chi connectivity index (χ4v) is 6.07. The van der Waals surface area contributed by atoms with E-state index in [-0.39, 0.29) is 18.9 Å². The highest BCUT2D eigenvalue weighted by atomic mass is 16.3. The molecule has 0 aromatic rings. The number of hydrogen-bond acceptors (Lipinski definition) is 4. The maximum atomic E-state index is 12.4. The van der Waals surface area contributed by atoms with Crippen LogP contribution in [0.3, 0.4) is 0 Å². The minimum absolute atomic E-state index is 0.00427. The van der Waals surface area contributed by atoms with E-state index >= 15 is 0 Å². The van der Waals surface area contributed by atoms with E-state index in [1.54, 1.807) is 6.08 Å². The van der Waals surface area contributed by atoms with Crippen LogP contribution in [0.1, 0.15) is 200 Å². The summed E-state index contributed by atoms with van der Waals surface area (Å²) in [6.07, 6.45) is 49.6. The molecule has 0 heterocycles. The second-order valence-electron chi connectivity index (χ2n) is 14.2. The molecule has 0 aliphatic carbocycles. The number of rotatable bonds is 37. The van der Waals surface area contributed by atoms with Crippen LogP contribution in [0.25, 0.3) is 0 Å². The lowest BCUT2D eigenvalue weighted by Gasteiger charge is -2.20. The summed E-state index contributed by atoms with van der Waals surface area (Å²) in [4.78, 5) is 12.4. The Bertz CT molecular complexity index is 805. The third-order valence-electron chi connectivity index (χ3n) is 9.32. The number of hydrogen-bond donors (Lipinski definition) is 4. The maximum absolute atomic E-state index is 12.4. The molecule has 0 rings (SSSR count). The molecule has 3 unspecified atom stereocenters. The van der Waals surface area contributed by atoms with Gasteiger partial charge in [-0.2, -0.15) is 0 Å². The van der Waals surface area contributed by atoms with Crippen LogP contribution in [-0.4, -0.2) is 46.1 Å². The largest absolute Gasteiger partial charge is 0.394 e. The van der Waals surface area contributed by atoms with Gasteiger partial charge in [-0.25, -0.2) is 0 Å². The Hall–Kier alpha value is -1.69. The minimum atomic E-state index is -0.961. The molecule has 0 saturated heterocycles. The molecule has 49 heavy (non-hydrogen) atoms. The van der Waals surface area contributed by atoms with Gasteiger partial charge in [-0.3, -0.25) is 4.79 Å². The van der Waals surface area contributed by atoms with Crippen molar-refractivity contribution in [2.24, 2.45) is 0 Å². The molecule has 5 heteroatoms. The standard InChI is InChI=1S/C44H81NO4/c1-3-5-7-9-11-13-15-17-19-20-21-22-23-24-25-27-29-31-33-35-37-41(47)39-44(49)45-42(40-46)43(48)38-36-34-32-30-28-26-18-16-14-12-10-8-6-4-2/h14,16,23-24,28,30,36,38,41-43,46-48H,3-13,15,17-22,25-27,29,31-35,37,39-40H2,1-2H3,(H,45,49)/b16-14+,24-23-,30-28+,38-36+. The average Bonchev–Trinajstić information content (AvgIpc) is 3.09. The molecule has 0 radical (unpaired) electrons. The minimum Gasteiger partial charge on any atom is -0.394 e. The first-order valence-corrected chi connectivity index (χ1v) is 20.9. The number of carbonyl (C=O) groups excluding carboxylic acids is 1. The lowest BCUT2D eigenvalue weighted by molar-refractivity contribution is -0.124. The molecule has 0 aromatic carbocycles. The molecule has 286 valence electrons. The fraction of sp³-hybridized carbons (Fsp3) is 0.795. The van der Waals surface area contributed by atoms with Gasteiger partial charge in [-0.15, -0.1) is 0 Å². The van der Waals surface area contributed by atoms with Crippen molar-refractivity contribution in [3.05, 3.63) is 48.6 Å². The topological polar surface area (TPSA) is 89.8 Å². The third kappa shape index (κ3) is 35.9. The molecule has 0 fully saturated rings. The van der Waals surface area contributed by atoms with Crippen LogP contribution in [-0.2, 0) is 4.79 Å². The smallest absolute Gasteiger partial charge is 0.222 e. The number of carbonyl (C=O) groups is 1. The summed E-state index contributed by atoms with van der Waals surface area (Å²) >= 11 is 0. The molecule has 0 spiro atoms. The zero-order valence-corrected chi connectivity index (χ0v) is 32.3. The Balaban J connectivity index is 3.74. The molecular formula is C44H81NO4. The summed E-state index contributed by atoms with van der Waals surface area (Å²) in [6.45, 7) is 4.16. The van der Waals surface area contributed by atoms with Gasteiger partial charge in [-0.1, -0.05) is 172 Å². The highest BCUT2D eigenvalue weighted by molar-refractivity contribution is 5.76. The Morgan fingerprint density at radius 2 is 0.878 bits per heavy atom. The highest BCUT2D eigenvalue weighted by Gasteiger charge is 2.20. The van der Waals surface area contributed by atoms with E-state index in [1.165, 1.54) is 122 Å². The lowest BCUT2D eigenvalue weighted by Crippen LogP contribution is -2.45. The van der Waals surface area contributed by atoms with Gasteiger partial charge in [0.2, 0.25) is 5.91 Å². The number of unbranched alkanes of at least 4 members (excludes halogenated alkanes) is 22. The predicted molar refractivity (Wildman–Crippen MR) is 213 cm³/mol. The predicted octanol–water partition coefficient (Wildman–Crippen LogP) is 11.8. The van der Waals surface area contributed by atoms with Crippen molar-refractivity contribution >= 4 is 5.91 Å². The fourth-order valence-electron chi connectivity index (χ4n) is 6.07. The number of amides is 1. The molecular weight excluding hydrogens is 606 g/mol. The van der Waals surface area contributed by atoms with E-state index in [0.717, 1.165) is 51.4 Å². The quantitative estimate of drug-likeness (QED) is 0.0386. The number of aliphatic hydroxyl groups is 3. The van der Waals surface area contributed by atoms with Crippen molar-refractivity contribution in [2.45, 2.75) is 218 Å². The highest BCUT2D eigenvalue weighted by Crippen LogP contribution is 2.14. The summed E-state index contributed by atoms with van der Waals surface area (Å²) in [7, 11) is 0. The van der Waals surface area contributed by atoms with E-state index in [4.69, 9.17) is 0 Å². The molecule has 5 nitrogen and oxygen atoms in total. The van der Waals surface area contributed by atoms with E-state index in [0.29, 0.717) is 6.42 Å². The second-order valence-corrected chi connectivity index (χ2v) is 14.2. The van der Waals surface area contributed by atoms with Crippen LogP contribution in [0.5, 0.6) is 0 Å². The molecule has 4 N–H and O–H groups in total. The Labute approximate surface area is 304 Å². The van der Waals surface area contributed by atoms with Gasteiger partial charge < -0.3 is 20.6 Å². The monoisotopic (exact) mass is 688 g/mol. The van der Waals surface area contributed by atoms with Crippen molar-refractivity contribution in [1.29, 1.82) is 0 Å². The van der Waals surface area contributed by atoms with Crippen LogP contribution < -0.4 is 5.32 Å². The normalized spacial score (nSPS) is 14.1. The number of allylic oxidation sites excluding steroid dienone is 7. The van der Waals surface area contributed by atoms with Crippen molar-refractivity contribution < 1.29 is 20.1 Å². The SMILES string of the molecule is CCCCCC/C=C/CC/C=C/CC/C=C/C(O)C(CO)NC(=O)CC(O)CCCCCCC/C=C\CCCCCCCCCCCCC. The zero-order chi connectivity index (χ0) is 35.9. The number of aliphatic hydroxyl groups excluding tert-OH is 3. The summed E-state index contributed by atoms with van der Waals surface area (Å²) in [6, 6.07) is -0.769. The van der Waals surface area contributed by atoms with Crippen LogP contribution in [0.4, 0.5) is 0 Å². The Kier molecular flexibility index (Phi) is 37.8. The Morgan fingerprint density at radius 3 is 1.33 bits per heavy atom. The van der Waals surface area contributed by atoms with Gasteiger partial charge >= 0.3 is 0 Å². The van der Waals surface area contributed by atoms with Gasteiger partial charge in [0.1, 0.15) is 0 Å². The van der Waals surface area contributed by atoms with E-state index in [9.17, 15) is 20.1 Å². The summed E-state index contributed by atoms with van der Waals surface area (Å²) in [5.41, 5.74) is 0. The first-order valence-electron chi connectivity index (χ1n) is 20.9. The van der Waals surface area contributed by atoms with Gasteiger partial charge in [0.05, 0.1) is 31.3 Å².